The van der Waals surface area contributed by atoms with Gasteiger partial charge in [0.15, 0.2) is 0 Å². The van der Waals surface area contributed by atoms with Crippen LogP contribution >= 0.6 is 0 Å². The fourth-order valence-electron chi connectivity index (χ4n) is 3.25. The monoisotopic (exact) mass is 406 g/mol. The Morgan fingerprint density at radius 3 is 2.68 bits per heavy atom. The Morgan fingerprint density at radius 2 is 2.00 bits per heavy atom. The first-order valence-corrected chi connectivity index (χ1v) is 10.5. The Bertz CT molecular complexity index is 931. The molecule has 28 heavy (non-hydrogen) atoms. The van der Waals surface area contributed by atoms with Crippen LogP contribution < -0.4 is 10.1 Å². The predicted octanol–water partition coefficient (Wildman–Crippen LogP) is 2.55. The lowest BCUT2D eigenvalue weighted by Crippen LogP contribution is -2.45. The molecule has 1 aliphatic heterocycles. The van der Waals surface area contributed by atoms with E-state index in [9.17, 15) is 17.6 Å². The van der Waals surface area contributed by atoms with Crippen LogP contribution in [0.2, 0.25) is 0 Å². The van der Waals surface area contributed by atoms with Crippen LogP contribution in [0.5, 0.6) is 5.75 Å². The summed E-state index contributed by atoms with van der Waals surface area (Å²) in [6.45, 7) is 0.712. The molecule has 2 aromatic rings. The van der Waals surface area contributed by atoms with Crippen molar-refractivity contribution in [3.63, 3.8) is 0 Å². The van der Waals surface area contributed by atoms with E-state index in [2.05, 4.69) is 5.32 Å². The van der Waals surface area contributed by atoms with Crippen molar-refractivity contribution in [3.05, 3.63) is 59.9 Å². The van der Waals surface area contributed by atoms with E-state index in [1.54, 1.807) is 24.3 Å². The van der Waals surface area contributed by atoms with E-state index in [0.29, 0.717) is 30.7 Å². The maximum atomic E-state index is 13.2. The number of methoxy groups -OCH3 is 1. The van der Waals surface area contributed by atoms with E-state index in [1.807, 2.05) is 0 Å². The van der Waals surface area contributed by atoms with Crippen LogP contribution in [0.3, 0.4) is 0 Å². The fourth-order valence-corrected chi connectivity index (χ4v) is 4.78. The van der Waals surface area contributed by atoms with Crippen molar-refractivity contribution in [2.75, 3.05) is 20.2 Å². The van der Waals surface area contributed by atoms with Gasteiger partial charge in [-0.2, -0.15) is 4.31 Å². The van der Waals surface area contributed by atoms with Crippen molar-refractivity contribution in [2.45, 2.75) is 24.3 Å². The first-order valence-electron chi connectivity index (χ1n) is 9.06. The number of benzene rings is 2. The van der Waals surface area contributed by atoms with Gasteiger partial charge in [-0.1, -0.05) is 12.1 Å². The summed E-state index contributed by atoms with van der Waals surface area (Å²) in [5.74, 6) is -0.442. The summed E-state index contributed by atoms with van der Waals surface area (Å²) in [5.41, 5.74) is 0.659. The smallest absolute Gasteiger partial charge is 0.243 e. The van der Waals surface area contributed by atoms with Crippen LogP contribution in [0.1, 0.15) is 18.4 Å². The Hall–Kier alpha value is -2.45. The molecule has 0 aliphatic carbocycles. The fraction of sp³-hybridized carbons (Fsp3) is 0.350. The number of piperidine rings is 1. The highest BCUT2D eigenvalue weighted by Crippen LogP contribution is 2.25. The number of hydrogen-bond acceptors (Lipinski definition) is 4. The molecule has 8 heteroatoms. The molecule has 0 aromatic heterocycles. The molecule has 150 valence electrons. The van der Waals surface area contributed by atoms with E-state index in [-0.39, 0.29) is 29.7 Å². The molecule has 1 atom stereocenters. The van der Waals surface area contributed by atoms with Crippen molar-refractivity contribution < 1.29 is 22.3 Å². The normalized spacial score (nSPS) is 17.9. The summed E-state index contributed by atoms with van der Waals surface area (Å²) >= 11 is 0. The lowest BCUT2D eigenvalue weighted by molar-refractivity contribution is -0.126. The summed E-state index contributed by atoms with van der Waals surface area (Å²) in [7, 11) is -2.16. The minimum absolute atomic E-state index is 0.128. The van der Waals surface area contributed by atoms with Gasteiger partial charge in [-0.25, -0.2) is 12.8 Å². The summed E-state index contributed by atoms with van der Waals surface area (Å²) in [6.07, 6.45) is 1.22. The summed E-state index contributed by atoms with van der Waals surface area (Å²) in [4.78, 5) is 12.7. The van der Waals surface area contributed by atoms with Gasteiger partial charge in [0, 0.05) is 19.6 Å². The van der Waals surface area contributed by atoms with Crippen LogP contribution in [0, 0.1) is 11.7 Å². The third-order valence-corrected chi connectivity index (χ3v) is 6.69. The number of nitrogens with one attached hydrogen (secondary N) is 1. The van der Waals surface area contributed by atoms with Crippen molar-refractivity contribution in [2.24, 2.45) is 5.92 Å². The molecule has 1 heterocycles. The molecule has 3 rings (SSSR count). The minimum atomic E-state index is -3.68. The van der Waals surface area contributed by atoms with Crippen molar-refractivity contribution in [1.82, 2.24) is 9.62 Å². The maximum absolute atomic E-state index is 13.2. The zero-order valence-corrected chi connectivity index (χ0v) is 16.4. The highest BCUT2D eigenvalue weighted by atomic mass is 32.2. The molecule has 1 unspecified atom stereocenters. The summed E-state index contributed by atoms with van der Waals surface area (Å²) in [5, 5.41) is 2.78. The van der Waals surface area contributed by atoms with Crippen LogP contribution in [0.25, 0.3) is 0 Å². The molecular weight excluding hydrogens is 383 g/mol. The molecule has 1 aliphatic rings. The molecule has 1 saturated heterocycles. The average molecular weight is 406 g/mol. The Balaban J connectivity index is 1.64. The number of nitrogens with zero attached hydrogens (tertiary/aromatic N) is 1. The number of hydrogen-bond donors (Lipinski definition) is 1. The van der Waals surface area contributed by atoms with Crippen LogP contribution in [0.15, 0.2) is 53.4 Å². The Morgan fingerprint density at radius 1 is 1.25 bits per heavy atom. The van der Waals surface area contributed by atoms with Crippen molar-refractivity contribution in [1.29, 1.82) is 0 Å². The van der Waals surface area contributed by atoms with Crippen LogP contribution in [-0.2, 0) is 21.4 Å². The molecule has 0 spiro atoms. The third-order valence-electron chi connectivity index (χ3n) is 4.81. The lowest BCUT2D eigenvalue weighted by atomic mass is 9.99. The van der Waals surface area contributed by atoms with Gasteiger partial charge in [0.05, 0.1) is 17.9 Å². The number of sulfonamides is 1. The zero-order valence-electron chi connectivity index (χ0n) is 15.6. The molecule has 1 amide bonds. The summed E-state index contributed by atoms with van der Waals surface area (Å²) < 4.78 is 45.4. The Labute approximate surface area is 164 Å². The number of ether oxygens (including phenoxy) is 1. The topological polar surface area (TPSA) is 75.7 Å². The molecule has 0 radical (unpaired) electrons. The number of carbonyl (C=O) groups is 1. The zero-order chi connectivity index (χ0) is 20.1. The van der Waals surface area contributed by atoms with E-state index in [1.165, 1.54) is 35.7 Å². The van der Waals surface area contributed by atoms with E-state index in [0.717, 1.165) is 0 Å². The summed E-state index contributed by atoms with van der Waals surface area (Å²) in [6, 6.07) is 12.2. The highest BCUT2D eigenvalue weighted by Gasteiger charge is 2.33. The Kier molecular flexibility index (Phi) is 6.31. The molecule has 1 fully saturated rings. The molecule has 0 bridgehead atoms. The van der Waals surface area contributed by atoms with E-state index in [4.69, 9.17) is 4.74 Å². The van der Waals surface area contributed by atoms with Crippen molar-refractivity contribution in [3.8, 4) is 5.75 Å². The van der Waals surface area contributed by atoms with E-state index >= 15 is 0 Å². The van der Waals surface area contributed by atoms with Crippen molar-refractivity contribution >= 4 is 15.9 Å². The number of halogens is 1. The molecule has 0 saturated carbocycles. The largest absolute Gasteiger partial charge is 0.497 e. The SMILES string of the molecule is COc1ccc(S(=O)(=O)N2CCCC(C(=O)NCc3cccc(F)c3)C2)cc1. The molecule has 6 nitrogen and oxygen atoms in total. The van der Waals surface area contributed by atoms with Crippen LogP contribution in [-0.4, -0.2) is 38.8 Å². The van der Waals surface area contributed by atoms with Gasteiger partial charge in [0.25, 0.3) is 0 Å². The second kappa shape index (κ2) is 8.70. The van der Waals surface area contributed by atoms with Gasteiger partial charge >= 0.3 is 0 Å². The van der Waals surface area contributed by atoms with Gasteiger partial charge in [-0.15, -0.1) is 0 Å². The van der Waals surface area contributed by atoms with Gasteiger partial charge in [0.1, 0.15) is 11.6 Å². The third kappa shape index (κ3) is 4.69. The quantitative estimate of drug-likeness (QED) is 0.800. The molecular formula is C20H23FN2O4S. The highest BCUT2D eigenvalue weighted by molar-refractivity contribution is 7.89. The average Bonchev–Trinajstić information content (AvgIpc) is 2.72. The van der Waals surface area contributed by atoms with Gasteiger partial charge in [-0.05, 0) is 54.8 Å². The molecule has 2 aromatic carbocycles. The maximum Gasteiger partial charge on any atom is 0.243 e. The predicted molar refractivity (Wildman–Crippen MR) is 103 cm³/mol. The number of rotatable bonds is 6. The second-order valence-corrected chi connectivity index (χ2v) is 8.66. The lowest BCUT2D eigenvalue weighted by Gasteiger charge is -2.31. The van der Waals surface area contributed by atoms with Crippen LogP contribution in [0.4, 0.5) is 4.39 Å². The number of carbonyl (C=O) groups excluding carboxylic acids is 1. The standard InChI is InChI=1S/C20H23FN2O4S/c1-27-18-7-9-19(10-8-18)28(25,26)23-11-3-5-16(14-23)20(24)22-13-15-4-2-6-17(21)12-15/h2,4,6-10,12,16H,3,5,11,13-14H2,1H3,(H,22,24). The van der Waals surface area contributed by atoms with Gasteiger partial charge in [0.2, 0.25) is 15.9 Å². The number of amides is 1. The first-order chi connectivity index (χ1) is 13.4. The van der Waals surface area contributed by atoms with E-state index < -0.39 is 15.9 Å². The van der Waals surface area contributed by atoms with Gasteiger partial charge in [-0.3, -0.25) is 4.79 Å². The first kappa shape index (κ1) is 20.3. The van der Waals surface area contributed by atoms with Gasteiger partial charge < -0.3 is 10.1 Å². The second-order valence-electron chi connectivity index (χ2n) is 6.73. The molecule has 1 N–H and O–H groups in total. The minimum Gasteiger partial charge on any atom is -0.497 e.